The van der Waals surface area contributed by atoms with Crippen molar-refractivity contribution in [3.05, 3.63) is 29.8 Å². The largest absolute Gasteiger partial charge is 0.382 e. The fourth-order valence-electron chi connectivity index (χ4n) is 3.18. The van der Waals surface area contributed by atoms with Crippen LogP contribution in [0.3, 0.4) is 0 Å². The van der Waals surface area contributed by atoms with Gasteiger partial charge in [0.2, 0.25) is 0 Å². The topological polar surface area (TPSA) is 21.3 Å². The number of ether oxygens (including phenoxy) is 1. The van der Waals surface area contributed by atoms with E-state index in [0.717, 1.165) is 30.7 Å². The molecule has 106 valence electrons. The molecule has 1 atom stereocenters. The first-order valence-corrected chi connectivity index (χ1v) is 8.50. The zero-order valence-corrected chi connectivity index (χ0v) is 12.5. The second kappa shape index (κ2) is 6.11. The molecule has 0 saturated carbocycles. The summed E-state index contributed by atoms with van der Waals surface area (Å²) in [4.78, 5) is 0. The van der Waals surface area contributed by atoms with Crippen molar-refractivity contribution in [1.82, 2.24) is 0 Å². The van der Waals surface area contributed by atoms with Crippen LogP contribution in [0.2, 0.25) is 0 Å². The Balaban J connectivity index is 1.66. The van der Waals surface area contributed by atoms with Crippen LogP contribution >= 0.6 is 11.8 Å². The Morgan fingerprint density at radius 1 is 1.35 bits per heavy atom. The van der Waals surface area contributed by atoms with Gasteiger partial charge in [0, 0.05) is 23.9 Å². The van der Waals surface area contributed by atoms with Crippen LogP contribution < -0.4 is 5.32 Å². The molecule has 2 heterocycles. The Labute approximate surface area is 125 Å². The molecule has 3 rings (SSSR count). The molecule has 0 bridgehead atoms. The molecule has 0 radical (unpaired) electrons. The van der Waals surface area contributed by atoms with E-state index in [1.54, 1.807) is 0 Å². The predicted molar refractivity (Wildman–Crippen MR) is 86.3 cm³/mol. The lowest BCUT2D eigenvalue weighted by Crippen LogP contribution is -2.46. The quantitative estimate of drug-likeness (QED) is 0.841. The normalized spacial score (nSPS) is 25.1. The highest BCUT2D eigenvalue weighted by Crippen LogP contribution is 2.38. The molecular formula is C17H21NOS. The summed E-state index contributed by atoms with van der Waals surface area (Å²) in [5.41, 5.74) is 2.20. The third-order valence-corrected chi connectivity index (χ3v) is 5.28. The smallest absolute Gasteiger partial charge is 0.0717 e. The Bertz CT molecular complexity index is 496. The molecule has 2 nitrogen and oxygen atoms in total. The maximum Gasteiger partial charge on any atom is 0.0717 e. The first-order chi connectivity index (χ1) is 9.80. The average molecular weight is 287 g/mol. The van der Waals surface area contributed by atoms with Crippen LogP contribution in [0.4, 0.5) is 5.69 Å². The van der Waals surface area contributed by atoms with Crippen LogP contribution in [0.1, 0.15) is 31.2 Å². The number of terminal acetylenes is 1. The third kappa shape index (κ3) is 3.13. The summed E-state index contributed by atoms with van der Waals surface area (Å²) in [5, 5.41) is 3.64. The summed E-state index contributed by atoms with van der Waals surface area (Å²) in [6, 6.07) is 8.64. The van der Waals surface area contributed by atoms with Gasteiger partial charge in [-0.1, -0.05) is 12.0 Å². The molecule has 2 aliphatic rings. The molecule has 20 heavy (non-hydrogen) atoms. The lowest BCUT2D eigenvalue weighted by atomic mass is 9.85. The monoisotopic (exact) mass is 287 g/mol. The number of rotatable bonds is 2. The Morgan fingerprint density at radius 3 is 3.00 bits per heavy atom. The minimum Gasteiger partial charge on any atom is -0.382 e. The van der Waals surface area contributed by atoms with E-state index in [1.807, 2.05) is 12.1 Å². The molecule has 2 fully saturated rings. The van der Waals surface area contributed by atoms with Crippen molar-refractivity contribution in [1.29, 1.82) is 0 Å². The van der Waals surface area contributed by atoms with Gasteiger partial charge in [-0.3, -0.25) is 0 Å². The fourth-order valence-corrected chi connectivity index (χ4v) is 4.41. The zero-order valence-electron chi connectivity index (χ0n) is 11.7. The molecule has 1 aromatic carbocycles. The van der Waals surface area contributed by atoms with E-state index in [1.165, 1.54) is 24.3 Å². The SMILES string of the molecule is C#Cc1cccc(NC2CCOC3(CCSCC3)C2)c1. The van der Waals surface area contributed by atoms with E-state index in [0.29, 0.717) is 6.04 Å². The van der Waals surface area contributed by atoms with E-state index in [2.05, 4.69) is 35.1 Å². The van der Waals surface area contributed by atoms with Crippen molar-refractivity contribution in [2.45, 2.75) is 37.3 Å². The van der Waals surface area contributed by atoms with Crippen LogP contribution in [0.5, 0.6) is 0 Å². The molecule has 0 amide bonds. The first-order valence-electron chi connectivity index (χ1n) is 7.35. The van der Waals surface area contributed by atoms with Gasteiger partial charge in [0.1, 0.15) is 0 Å². The van der Waals surface area contributed by atoms with Gasteiger partial charge in [0.15, 0.2) is 0 Å². The Hall–Kier alpha value is -1.11. The van der Waals surface area contributed by atoms with Gasteiger partial charge in [-0.15, -0.1) is 6.42 Å². The van der Waals surface area contributed by atoms with Crippen LogP contribution in [-0.2, 0) is 4.74 Å². The van der Waals surface area contributed by atoms with Crippen molar-refractivity contribution < 1.29 is 4.74 Å². The summed E-state index contributed by atoms with van der Waals surface area (Å²) in [7, 11) is 0. The first kappa shape index (κ1) is 13.9. The van der Waals surface area contributed by atoms with E-state index in [-0.39, 0.29) is 5.60 Å². The number of hydrogen-bond acceptors (Lipinski definition) is 3. The van der Waals surface area contributed by atoms with Crippen molar-refractivity contribution in [3.8, 4) is 12.3 Å². The predicted octanol–water partition coefficient (Wildman–Crippen LogP) is 3.52. The minimum atomic E-state index is 0.130. The molecule has 1 spiro atoms. The van der Waals surface area contributed by atoms with Gasteiger partial charge < -0.3 is 10.1 Å². The number of nitrogens with one attached hydrogen (secondary N) is 1. The van der Waals surface area contributed by atoms with Gasteiger partial charge in [-0.2, -0.15) is 11.8 Å². The number of thioether (sulfide) groups is 1. The summed E-state index contributed by atoms with van der Waals surface area (Å²) in [6.07, 6.45) is 10.1. The molecule has 3 heteroatoms. The van der Waals surface area contributed by atoms with E-state index < -0.39 is 0 Å². The molecule has 1 unspecified atom stereocenters. The molecule has 0 aromatic heterocycles. The van der Waals surface area contributed by atoms with Gasteiger partial charge in [0.25, 0.3) is 0 Å². The second-order valence-electron chi connectivity index (χ2n) is 5.70. The average Bonchev–Trinajstić information content (AvgIpc) is 2.48. The summed E-state index contributed by atoms with van der Waals surface area (Å²) in [5.74, 6) is 5.16. The van der Waals surface area contributed by atoms with Gasteiger partial charge in [-0.05, 0) is 55.4 Å². The highest BCUT2D eigenvalue weighted by atomic mass is 32.2. The maximum absolute atomic E-state index is 6.13. The van der Waals surface area contributed by atoms with Gasteiger partial charge in [0.05, 0.1) is 5.60 Å². The second-order valence-corrected chi connectivity index (χ2v) is 6.93. The summed E-state index contributed by atoms with van der Waals surface area (Å²) >= 11 is 2.05. The van der Waals surface area contributed by atoms with Crippen molar-refractivity contribution in [3.63, 3.8) is 0 Å². The minimum absolute atomic E-state index is 0.130. The molecule has 1 aromatic rings. The molecule has 1 N–H and O–H groups in total. The van der Waals surface area contributed by atoms with Gasteiger partial charge >= 0.3 is 0 Å². The van der Waals surface area contributed by atoms with Crippen LogP contribution in [0.15, 0.2) is 24.3 Å². The molecule has 2 aliphatic heterocycles. The number of benzene rings is 1. The Morgan fingerprint density at radius 2 is 2.20 bits per heavy atom. The van der Waals surface area contributed by atoms with E-state index >= 15 is 0 Å². The fraction of sp³-hybridized carbons (Fsp3) is 0.529. The highest BCUT2D eigenvalue weighted by Gasteiger charge is 2.38. The number of hydrogen-bond donors (Lipinski definition) is 1. The maximum atomic E-state index is 6.13. The van der Waals surface area contributed by atoms with Crippen molar-refractivity contribution in [2.24, 2.45) is 0 Å². The molecular weight excluding hydrogens is 266 g/mol. The van der Waals surface area contributed by atoms with E-state index in [4.69, 9.17) is 11.2 Å². The molecule has 0 aliphatic carbocycles. The third-order valence-electron chi connectivity index (χ3n) is 4.30. The van der Waals surface area contributed by atoms with Crippen LogP contribution in [0.25, 0.3) is 0 Å². The molecule has 2 saturated heterocycles. The highest BCUT2D eigenvalue weighted by molar-refractivity contribution is 7.99. The standard InChI is InChI=1S/C17H21NOS/c1-2-14-4-3-5-15(12-14)18-16-6-9-19-17(13-16)7-10-20-11-8-17/h1,3-5,12,16,18H,6-11,13H2. The van der Waals surface area contributed by atoms with Crippen molar-refractivity contribution >= 4 is 17.4 Å². The van der Waals surface area contributed by atoms with E-state index in [9.17, 15) is 0 Å². The van der Waals surface area contributed by atoms with Crippen LogP contribution in [-0.4, -0.2) is 29.8 Å². The lowest BCUT2D eigenvalue weighted by Gasteiger charge is -2.43. The number of anilines is 1. The zero-order chi connectivity index (χ0) is 13.8. The summed E-state index contributed by atoms with van der Waals surface area (Å²) < 4.78 is 6.13. The summed E-state index contributed by atoms with van der Waals surface area (Å²) in [6.45, 7) is 0.872. The van der Waals surface area contributed by atoms with Crippen molar-refractivity contribution in [2.75, 3.05) is 23.4 Å². The Kier molecular flexibility index (Phi) is 4.24. The van der Waals surface area contributed by atoms with Gasteiger partial charge in [-0.25, -0.2) is 0 Å². The lowest BCUT2D eigenvalue weighted by molar-refractivity contribution is -0.0865. The van der Waals surface area contributed by atoms with Crippen LogP contribution in [0, 0.1) is 12.3 Å².